The lowest BCUT2D eigenvalue weighted by Crippen LogP contribution is -2.33. The van der Waals surface area contributed by atoms with Gasteiger partial charge in [0.15, 0.2) is 5.82 Å². The van der Waals surface area contributed by atoms with E-state index in [0.29, 0.717) is 23.0 Å². The van der Waals surface area contributed by atoms with Crippen molar-refractivity contribution < 1.29 is 22.6 Å². The van der Waals surface area contributed by atoms with Crippen LogP contribution in [0.3, 0.4) is 0 Å². The molecule has 0 aliphatic carbocycles. The molecule has 0 fully saturated rings. The van der Waals surface area contributed by atoms with Crippen molar-refractivity contribution >= 4 is 16.0 Å². The van der Waals surface area contributed by atoms with E-state index < -0.39 is 21.4 Å². The second-order valence-corrected chi connectivity index (χ2v) is 9.08. The smallest absolute Gasteiger partial charge is 0.243 e. The maximum atomic E-state index is 13.3. The first kappa shape index (κ1) is 23.4. The van der Waals surface area contributed by atoms with Gasteiger partial charge in [-0.05, 0) is 38.5 Å². The van der Waals surface area contributed by atoms with E-state index in [9.17, 15) is 8.42 Å². The molecule has 0 radical (unpaired) electrons. The van der Waals surface area contributed by atoms with Crippen LogP contribution in [-0.2, 0) is 14.8 Å². The Morgan fingerprint density at radius 2 is 1.59 bits per heavy atom. The molecule has 1 aromatic carbocycles. The number of rotatable bonds is 9. The molecule has 172 valence electrons. The first-order valence-corrected chi connectivity index (χ1v) is 11.2. The Bertz CT molecular complexity index is 1160. The maximum Gasteiger partial charge on any atom is 0.243 e. The van der Waals surface area contributed by atoms with E-state index in [1.165, 1.54) is 32.8 Å². The monoisotopic (exact) mass is 462 g/mol. The van der Waals surface area contributed by atoms with Crippen LogP contribution in [0.1, 0.15) is 30.2 Å². The third-order valence-electron chi connectivity index (χ3n) is 4.91. The second kappa shape index (κ2) is 9.49. The predicted molar refractivity (Wildman–Crippen MR) is 118 cm³/mol. The molecule has 2 aromatic heterocycles. The van der Waals surface area contributed by atoms with Crippen LogP contribution in [0.4, 0.5) is 5.95 Å². The van der Waals surface area contributed by atoms with E-state index in [2.05, 4.69) is 24.9 Å². The lowest BCUT2D eigenvalue weighted by molar-refractivity contribution is 0.0949. The van der Waals surface area contributed by atoms with Gasteiger partial charge in [0.05, 0.1) is 14.2 Å². The zero-order valence-corrected chi connectivity index (χ0v) is 19.5. The molecule has 12 heteroatoms. The summed E-state index contributed by atoms with van der Waals surface area (Å²) < 4.78 is 46.9. The Balaban J connectivity index is 2.01. The molecule has 0 spiro atoms. The summed E-state index contributed by atoms with van der Waals surface area (Å²) in [5, 5.41) is 7.02. The summed E-state index contributed by atoms with van der Waals surface area (Å²) in [6.07, 6.45) is 2.32. The van der Waals surface area contributed by atoms with E-state index in [0.717, 1.165) is 5.56 Å². The van der Waals surface area contributed by atoms with Crippen LogP contribution in [0.2, 0.25) is 0 Å². The standard InChI is InChI=1S/C20H26N6O5S/c1-12-10-21-19(22-11-12)18(31-6)13(2)32(27,28)25-20-24-23-14(3)26(20)17-15(29-4)8-7-9-16(17)30-5/h7-11,13,18H,1-6H3,(H,24,25). The second-order valence-electron chi connectivity index (χ2n) is 7.04. The van der Waals surface area contributed by atoms with Crippen molar-refractivity contribution in [3.8, 4) is 17.2 Å². The number of methoxy groups -OCH3 is 3. The van der Waals surface area contributed by atoms with Crippen molar-refractivity contribution in [2.24, 2.45) is 0 Å². The Morgan fingerprint density at radius 3 is 2.12 bits per heavy atom. The molecular formula is C20H26N6O5S. The van der Waals surface area contributed by atoms with E-state index in [-0.39, 0.29) is 11.8 Å². The zero-order chi connectivity index (χ0) is 23.5. The maximum absolute atomic E-state index is 13.3. The van der Waals surface area contributed by atoms with Crippen LogP contribution in [0.15, 0.2) is 30.6 Å². The molecule has 0 aliphatic heterocycles. The Kier molecular flexibility index (Phi) is 6.94. The molecule has 0 saturated carbocycles. The lowest BCUT2D eigenvalue weighted by atomic mass is 10.2. The largest absolute Gasteiger partial charge is 0.494 e. The summed E-state index contributed by atoms with van der Waals surface area (Å²) in [6.45, 7) is 5.05. The van der Waals surface area contributed by atoms with Gasteiger partial charge in [0, 0.05) is 19.5 Å². The van der Waals surface area contributed by atoms with Gasteiger partial charge in [-0.25, -0.2) is 18.4 Å². The Morgan fingerprint density at radius 1 is 1.00 bits per heavy atom. The minimum atomic E-state index is -4.00. The third kappa shape index (κ3) is 4.50. The number of aryl methyl sites for hydroxylation is 2. The number of para-hydroxylation sites is 1. The minimum Gasteiger partial charge on any atom is -0.494 e. The molecule has 3 aromatic rings. The molecule has 11 nitrogen and oxygen atoms in total. The Hall–Kier alpha value is -3.25. The van der Waals surface area contributed by atoms with E-state index in [1.54, 1.807) is 37.5 Å². The highest BCUT2D eigenvalue weighted by Crippen LogP contribution is 2.35. The average molecular weight is 463 g/mol. The van der Waals surface area contributed by atoms with Gasteiger partial charge in [0.25, 0.3) is 0 Å². The molecule has 32 heavy (non-hydrogen) atoms. The fourth-order valence-corrected chi connectivity index (χ4v) is 4.32. The molecule has 2 unspecified atom stereocenters. The van der Waals surface area contributed by atoms with Gasteiger partial charge in [-0.15, -0.1) is 10.2 Å². The molecule has 0 amide bonds. The highest BCUT2D eigenvalue weighted by molar-refractivity contribution is 7.93. The summed E-state index contributed by atoms with van der Waals surface area (Å²) >= 11 is 0. The SMILES string of the molecule is COc1cccc(OC)c1-n1c(C)nnc1NS(=O)(=O)C(C)C(OC)c1ncc(C)cn1. The van der Waals surface area contributed by atoms with Crippen LogP contribution < -0.4 is 14.2 Å². The van der Waals surface area contributed by atoms with Crippen molar-refractivity contribution in [3.63, 3.8) is 0 Å². The van der Waals surface area contributed by atoms with Gasteiger partial charge in [-0.3, -0.25) is 9.29 Å². The van der Waals surface area contributed by atoms with Gasteiger partial charge in [-0.2, -0.15) is 0 Å². The van der Waals surface area contributed by atoms with E-state index >= 15 is 0 Å². The van der Waals surface area contributed by atoms with E-state index in [1.807, 2.05) is 6.92 Å². The number of ether oxygens (including phenoxy) is 3. The van der Waals surface area contributed by atoms with Gasteiger partial charge < -0.3 is 14.2 Å². The number of hydrogen-bond donors (Lipinski definition) is 1. The molecule has 2 heterocycles. The Labute approximate surface area is 186 Å². The summed E-state index contributed by atoms with van der Waals surface area (Å²) in [7, 11) is 0.427. The van der Waals surface area contributed by atoms with Gasteiger partial charge in [-0.1, -0.05) is 6.07 Å². The number of hydrogen-bond acceptors (Lipinski definition) is 9. The topological polar surface area (TPSA) is 130 Å². The number of nitrogens with zero attached hydrogens (tertiary/aromatic N) is 5. The fraction of sp³-hybridized carbons (Fsp3) is 0.400. The van der Waals surface area contributed by atoms with Crippen molar-refractivity contribution in [2.75, 3.05) is 26.1 Å². The minimum absolute atomic E-state index is 0.0168. The van der Waals surface area contributed by atoms with Gasteiger partial charge >= 0.3 is 0 Å². The summed E-state index contributed by atoms with van der Waals surface area (Å²) in [5.74, 6) is 1.60. The fourth-order valence-electron chi connectivity index (χ4n) is 3.19. The van der Waals surface area contributed by atoms with Crippen LogP contribution in [-0.4, -0.2) is 59.7 Å². The van der Waals surface area contributed by atoms with Crippen molar-refractivity contribution in [1.82, 2.24) is 24.7 Å². The van der Waals surface area contributed by atoms with Crippen molar-refractivity contribution in [3.05, 3.63) is 47.8 Å². The first-order chi connectivity index (χ1) is 15.2. The summed E-state index contributed by atoms with van der Waals surface area (Å²) in [6, 6.07) is 5.22. The number of benzene rings is 1. The normalized spacial score (nSPS) is 13.4. The van der Waals surface area contributed by atoms with Crippen LogP contribution in [0.5, 0.6) is 11.5 Å². The predicted octanol–water partition coefficient (Wildman–Crippen LogP) is 2.21. The number of aromatic nitrogens is 5. The highest BCUT2D eigenvalue weighted by atomic mass is 32.2. The average Bonchev–Trinajstić information content (AvgIpc) is 3.13. The van der Waals surface area contributed by atoms with Crippen LogP contribution >= 0.6 is 0 Å². The molecule has 1 N–H and O–H groups in total. The first-order valence-electron chi connectivity index (χ1n) is 9.69. The van der Waals surface area contributed by atoms with Gasteiger partial charge in [0.1, 0.15) is 34.4 Å². The molecule has 0 bridgehead atoms. The molecule has 3 rings (SSSR count). The zero-order valence-electron chi connectivity index (χ0n) is 18.7. The van der Waals surface area contributed by atoms with Crippen molar-refractivity contribution in [1.29, 1.82) is 0 Å². The quantitative estimate of drug-likeness (QED) is 0.508. The number of anilines is 1. The molecule has 0 saturated heterocycles. The molecule has 0 aliphatic rings. The summed E-state index contributed by atoms with van der Waals surface area (Å²) in [5.41, 5.74) is 1.32. The van der Waals surface area contributed by atoms with Crippen molar-refractivity contribution in [2.45, 2.75) is 32.1 Å². The van der Waals surface area contributed by atoms with Crippen LogP contribution in [0, 0.1) is 13.8 Å². The van der Waals surface area contributed by atoms with Crippen LogP contribution in [0.25, 0.3) is 5.69 Å². The number of sulfonamides is 1. The molecular weight excluding hydrogens is 436 g/mol. The molecule has 2 atom stereocenters. The summed E-state index contributed by atoms with van der Waals surface area (Å²) in [4.78, 5) is 8.42. The van der Waals surface area contributed by atoms with Gasteiger partial charge in [0.2, 0.25) is 16.0 Å². The van der Waals surface area contributed by atoms with E-state index in [4.69, 9.17) is 14.2 Å². The lowest BCUT2D eigenvalue weighted by Gasteiger charge is -2.22. The number of nitrogens with one attached hydrogen (secondary N) is 1. The third-order valence-corrected chi connectivity index (χ3v) is 6.60. The highest BCUT2D eigenvalue weighted by Gasteiger charge is 2.34.